The summed E-state index contributed by atoms with van der Waals surface area (Å²) in [4.78, 5) is 11.8. The number of halogens is 3. The first-order valence-corrected chi connectivity index (χ1v) is 9.14. The van der Waals surface area contributed by atoms with Crippen molar-refractivity contribution in [1.82, 2.24) is 0 Å². The van der Waals surface area contributed by atoms with Gasteiger partial charge in [-0.25, -0.2) is 4.79 Å². The maximum atomic E-state index is 12.5. The minimum Gasteiger partial charge on any atom is -0.618 e. The molecule has 0 heterocycles. The third-order valence-corrected chi connectivity index (χ3v) is 6.22. The average molecular weight is 371 g/mol. The Labute approximate surface area is 138 Å². The summed E-state index contributed by atoms with van der Waals surface area (Å²) in [5, 5.41) is 11.8. The number of carbonyl (C=O) groups excluding carboxylic acids is 1. The molecule has 24 heavy (non-hydrogen) atoms. The SMILES string of the molecule is C=C(C)C(=O)OC1C2CCCC(C2)C1C[NH+]([O-])S(=O)(=O)C(F)(F)F. The molecule has 0 radical (unpaired) electrons. The molecule has 2 rings (SSSR count). The Morgan fingerprint density at radius 2 is 1.92 bits per heavy atom. The molecule has 138 valence electrons. The summed E-state index contributed by atoms with van der Waals surface area (Å²) in [7, 11) is -5.86. The maximum Gasteiger partial charge on any atom is 0.549 e. The van der Waals surface area contributed by atoms with Gasteiger partial charge in [0.15, 0.2) is 0 Å². The highest BCUT2D eigenvalue weighted by Gasteiger charge is 2.54. The van der Waals surface area contributed by atoms with E-state index in [2.05, 4.69) is 6.58 Å². The summed E-state index contributed by atoms with van der Waals surface area (Å²) in [6.45, 7) is 4.12. The third kappa shape index (κ3) is 3.60. The summed E-state index contributed by atoms with van der Waals surface area (Å²) in [5.74, 6) is -1.55. The maximum absolute atomic E-state index is 12.5. The van der Waals surface area contributed by atoms with Crippen molar-refractivity contribution in [2.45, 2.75) is 44.2 Å². The fraction of sp³-hybridized carbons (Fsp3) is 0.786. The quantitative estimate of drug-likeness (QED) is 0.445. The second-order valence-electron chi connectivity index (χ2n) is 6.53. The zero-order chi connectivity index (χ0) is 18.3. The molecule has 2 fully saturated rings. The molecule has 10 heteroatoms. The predicted octanol–water partition coefficient (Wildman–Crippen LogP) is 1.14. The molecule has 0 aromatic heterocycles. The lowest BCUT2D eigenvalue weighted by Gasteiger charge is -2.30. The topological polar surface area (TPSA) is 87.9 Å². The monoisotopic (exact) mass is 371 g/mol. The molecule has 5 atom stereocenters. The van der Waals surface area contributed by atoms with E-state index in [9.17, 15) is 31.6 Å². The van der Waals surface area contributed by atoms with E-state index in [0.717, 1.165) is 12.8 Å². The number of sulfonamides is 1. The van der Waals surface area contributed by atoms with E-state index in [1.54, 1.807) is 0 Å². The number of hydrogen-bond acceptors (Lipinski definition) is 5. The van der Waals surface area contributed by atoms with E-state index in [4.69, 9.17) is 4.74 Å². The minimum absolute atomic E-state index is 0.0570. The Morgan fingerprint density at radius 1 is 1.33 bits per heavy atom. The Kier molecular flexibility index (Phi) is 5.31. The molecular formula is C14H20F3NO5S. The van der Waals surface area contributed by atoms with Crippen molar-refractivity contribution in [2.24, 2.45) is 17.8 Å². The number of rotatable bonds is 5. The smallest absolute Gasteiger partial charge is 0.549 e. The van der Waals surface area contributed by atoms with Gasteiger partial charge in [-0.3, -0.25) is 4.47 Å². The van der Waals surface area contributed by atoms with Gasteiger partial charge < -0.3 is 9.94 Å². The zero-order valence-corrected chi connectivity index (χ0v) is 14.0. The minimum atomic E-state index is -5.86. The van der Waals surface area contributed by atoms with E-state index in [-0.39, 0.29) is 17.4 Å². The van der Waals surface area contributed by atoms with Crippen LogP contribution in [0.4, 0.5) is 13.2 Å². The summed E-state index contributed by atoms with van der Waals surface area (Å²) in [6.07, 6.45) is 2.11. The second kappa shape index (κ2) is 6.64. The van der Waals surface area contributed by atoms with Gasteiger partial charge in [-0.05, 0) is 38.0 Å². The second-order valence-corrected chi connectivity index (χ2v) is 8.45. The zero-order valence-electron chi connectivity index (χ0n) is 13.1. The lowest BCUT2D eigenvalue weighted by molar-refractivity contribution is -0.718. The van der Waals surface area contributed by atoms with Crippen LogP contribution in [0.1, 0.15) is 32.6 Å². The molecule has 2 aliphatic carbocycles. The molecule has 5 unspecified atom stereocenters. The van der Waals surface area contributed by atoms with Crippen LogP contribution in [0.5, 0.6) is 0 Å². The molecule has 2 bridgehead atoms. The van der Waals surface area contributed by atoms with Gasteiger partial charge in [0.1, 0.15) is 6.10 Å². The number of hydroxylamine groups is 1. The van der Waals surface area contributed by atoms with Crippen LogP contribution in [0.15, 0.2) is 12.2 Å². The normalized spacial score (nSPS) is 31.5. The number of nitrogens with one attached hydrogen (secondary N) is 1. The molecule has 0 saturated heterocycles. The summed E-state index contributed by atoms with van der Waals surface area (Å²) in [6, 6.07) is 0. The van der Waals surface area contributed by atoms with Crippen LogP contribution in [-0.2, 0) is 19.6 Å². The van der Waals surface area contributed by atoms with Gasteiger partial charge in [-0.1, -0.05) is 13.0 Å². The lowest BCUT2D eigenvalue weighted by Crippen LogP contribution is -3.11. The number of carbonyl (C=O) groups is 1. The van der Waals surface area contributed by atoms with E-state index < -0.39 is 44.5 Å². The molecule has 2 saturated carbocycles. The van der Waals surface area contributed by atoms with Gasteiger partial charge in [0.25, 0.3) is 0 Å². The molecule has 6 nitrogen and oxygen atoms in total. The summed E-state index contributed by atoms with van der Waals surface area (Å²) < 4.78 is 63.6. The molecule has 0 aliphatic heterocycles. The highest BCUT2D eigenvalue weighted by Crippen LogP contribution is 2.47. The first-order chi connectivity index (χ1) is 10.9. The number of ether oxygens (including phenoxy) is 1. The molecular weight excluding hydrogens is 351 g/mol. The molecule has 0 amide bonds. The van der Waals surface area contributed by atoms with Crippen LogP contribution in [-0.4, -0.2) is 32.5 Å². The van der Waals surface area contributed by atoms with Crippen LogP contribution in [0, 0.1) is 23.0 Å². The van der Waals surface area contributed by atoms with Gasteiger partial charge in [-0.15, -0.1) is 0 Å². The predicted molar refractivity (Wildman–Crippen MR) is 77.8 cm³/mol. The van der Waals surface area contributed by atoms with E-state index in [0.29, 0.717) is 12.8 Å². The molecule has 0 spiro atoms. The average Bonchev–Trinajstić information content (AvgIpc) is 2.69. The molecule has 2 aliphatic rings. The Morgan fingerprint density at radius 3 is 2.46 bits per heavy atom. The van der Waals surface area contributed by atoms with Gasteiger partial charge in [0, 0.05) is 11.5 Å². The number of alkyl halides is 3. The van der Waals surface area contributed by atoms with Crippen molar-refractivity contribution >= 4 is 16.0 Å². The number of fused-ring (bicyclic) bond motifs is 2. The highest BCUT2D eigenvalue weighted by atomic mass is 32.2. The van der Waals surface area contributed by atoms with Gasteiger partial charge in [0.2, 0.25) is 0 Å². The fourth-order valence-corrected chi connectivity index (χ4v) is 4.36. The standard InChI is InChI=1S/C14H20F3NO5S/c1-8(2)13(19)23-12-10-5-3-4-9(6-10)11(12)7-18(20)24(21,22)14(15,16)17/h9-12,18H,1,3-7H2,2H3. The molecule has 1 N–H and O–H groups in total. The molecule has 0 aromatic carbocycles. The first-order valence-electron chi connectivity index (χ1n) is 7.65. The van der Waals surface area contributed by atoms with Gasteiger partial charge in [-0.2, -0.15) is 21.6 Å². The summed E-state index contributed by atoms with van der Waals surface area (Å²) in [5.41, 5.74) is -5.47. The number of quaternary nitrogens is 1. The number of hydrogen-bond donors (Lipinski definition) is 1. The molecule has 0 aromatic rings. The van der Waals surface area contributed by atoms with Crippen molar-refractivity contribution in [3.8, 4) is 0 Å². The first kappa shape index (κ1) is 19.2. The third-order valence-electron chi connectivity index (χ3n) is 4.85. The fourth-order valence-electron chi connectivity index (χ4n) is 3.69. The van der Waals surface area contributed by atoms with E-state index in [1.165, 1.54) is 6.92 Å². The van der Waals surface area contributed by atoms with Crippen molar-refractivity contribution < 1.29 is 35.6 Å². The van der Waals surface area contributed by atoms with Crippen molar-refractivity contribution in [2.75, 3.05) is 6.54 Å². The highest BCUT2D eigenvalue weighted by molar-refractivity contribution is 7.86. The van der Waals surface area contributed by atoms with Crippen molar-refractivity contribution in [1.29, 1.82) is 0 Å². The van der Waals surface area contributed by atoms with Crippen molar-refractivity contribution in [3.05, 3.63) is 17.4 Å². The summed E-state index contributed by atoms with van der Waals surface area (Å²) >= 11 is 0. The Balaban J connectivity index is 2.19. The van der Waals surface area contributed by atoms with Gasteiger partial charge >= 0.3 is 21.5 Å². The van der Waals surface area contributed by atoms with E-state index >= 15 is 0 Å². The largest absolute Gasteiger partial charge is 0.618 e. The van der Waals surface area contributed by atoms with Crippen LogP contribution in [0.25, 0.3) is 0 Å². The van der Waals surface area contributed by atoms with Crippen LogP contribution in [0.2, 0.25) is 0 Å². The van der Waals surface area contributed by atoms with E-state index in [1.807, 2.05) is 0 Å². The Bertz CT molecular complexity index is 618. The lowest BCUT2D eigenvalue weighted by atomic mass is 9.87. The van der Waals surface area contributed by atoms with Crippen molar-refractivity contribution in [3.63, 3.8) is 0 Å². The van der Waals surface area contributed by atoms with Crippen LogP contribution >= 0.6 is 0 Å². The Hall–Kier alpha value is -1.13. The van der Waals surface area contributed by atoms with Crippen LogP contribution in [0.3, 0.4) is 0 Å². The van der Waals surface area contributed by atoms with Gasteiger partial charge in [0.05, 0.1) is 6.54 Å². The number of esters is 1. The van der Waals surface area contributed by atoms with Crippen LogP contribution < -0.4 is 4.47 Å².